The molecule has 1 aromatic heterocycles. The van der Waals surface area contributed by atoms with Gasteiger partial charge in [0.1, 0.15) is 11.2 Å². The van der Waals surface area contributed by atoms with Crippen molar-refractivity contribution in [3.05, 3.63) is 305 Å². The number of furan rings is 1. The Morgan fingerprint density at radius 2 is 0.771 bits per heavy atom. The molecule has 0 saturated carbocycles. The van der Waals surface area contributed by atoms with Crippen molar-refractivity contribution >= 4 is 39.0 Å². The summed E-state index contributed by atoms with van der Waals surface area (Å²) in [4.78, 5) is 2.51. The van der Waals surface area contributed by atoms with E-state index >= 15 is 0 Å². The molecule has 0 saturated heterocycles. The second-order valence-electron chi connectivity index (χ2n) is 19.0. The molecule has 0 radical (unpaired) electrons. The molecule has 3 aliphatic rings. The Bertz CT molecular complexity index is 3980. The molecular weight excluding hydrogens is 847 g/mol. The minimum atomic E-state index is -0.500. The van der Waals surface area contributed by atoms with E-state index in [1.165, 1.54) is 77.9 Å². The van der Waals surface area contributed by atoms with E-state index in [0.29, 0.717) is 0 Å². The highest BCUT2D eigenvalue weighted by Gasteiger charge is 2.52. The largest absolute Gasteiger partial charge is 0.455 e. The maximum atomic E-state index is 6.58. The van der Waals surface area contributed by atoms with Crippen LogP contribution in [0.1, 0.15) is 44.5 Å². The van der Waals surface area contributed by atoms with Crippen molar-refractivity contribution in [3.8, 4) is 44.5 Å². The molecule has 0 bridgehead atoms. The van der Waals surface area contributed by atoms with Gasteiger partial charge in [0.15, 0.2) is 0 Å². The van der Waals surface area contributed by atoms with Crippen LogP contribution in [-0.2, 0) is 10.8 Å². The summed E-state index contributed by atoms with van der Waals surface area (Å²) in [5, 5.41) is 2.26. The van der Waals surface area contributed by atoms with Gasteiger partial charge in [-0.3, -0.25) is 0 Å². The lowest BCUT2D eigenvalue weighted by molar-refractivity contribution is 0.670. The van der Waals surface area contributed by atoms with Crippen LogP contribution >= 0.6 is 0 Å². The van der Waals surface area contributed by atoms with E-state index < -0.39 is 10.8 Å². The molecule has 2 heteroatoms. The van der Waals surface area contributed by atoms with Crippen LogP contribution in [-0.4, -0.2) is 0 Å². The topological polar surface area (TPSA) is 16.4 Å². The average molecular weight is 890 g/mol. The highest BCUT2D eigenvalue weighted by atomic mass is 16.3. The number of benzene rings is 11. The number of hydrogen-bond acceptors (Lipinski definition) is 2. The first-order valence-corrected chi connectivity index (χ1v) is 24.3. The van der Waals surface area contributed by atoms with Gasteiger partial charge in [0.05, 0.1) is 16.5 Å². The molecule has 11 aromatic carbocycles. The standard InChI is InChI=1S/C68H43NO/c1-3-19-45(20-4-1)67(46-21-5-2-6-22-46)57-30-12-9-25-52(57)56-43-48(41-42-61(56)67)69(47-39-37-44(38-40-47)49-28-17-29-54-53-26-11-16-36-64(53)70-66(49)54)63-35-18-34-62-65(63)55-27-10-15-33-60(55)68(62)58-31-13-7-23-50(58)51-24-8-14-32-59(51)68/h1-43H. The first-order chi connectivity index (χ1) is 34.7. The van der Waals surface area contributed by atoms with Crippen molar-refractivity contribution in [2.75, 3.05) is 4.90 Å². The molecule has 0 N–H and O–H groups in total. The molecule has 2 nitrogen and oxygen atoms in total. The molecule has 0 unspecified atom stereocenters. The van der Waals surface area contributed by atoms with E-state index in [1.54, 1.807) is 0 Å². The molecule has 12 aromatic rings. The summed E-state index contributed by atoms with van der Waals surface area (Å²) in [7, 11) is 0. The summed E-state index contributed by atoms with van der Waals surface area (Å²) in [6, 6.07) is 96.7. The first kappa shape index (κ1) is 39.1. The Hall–Kier alpha value is -8.98. The molecular formula is C68H43NO. The molecule has 0 aliphatic heterocycles. The number of rotatable bonds is 6. The molecule has 326 valence electrons. The third kappa shape index (κ3) is 5.12. The molecule has 3 aliphatic carbocycles. The van der Waals surface area contributed by atoms with Crippen LogP contribution in [0.15, 0.2) is 265 Å². The van der Waals surface area contributed by atoms with Crippen molar-refractivity contribution in [1.82, 2.24) is 0 Å². The normalized spacial score (nSPS) is 13.9. The quantitative estimate of drug-likeness (QED) is 0.165. The van der Waals surface area contributed by atoms with Crippen molar-refractivity contribution in [1.29, 1.82) is 0 Å². The van der Waals surface area contributed by atoms with E-state index in [2.05, 4.69) is 260 Å². The first-order valence-electron chi connectivity index (χ1n) is 24.3. The van der Waals surface area contributed by atoms with E-state index in [1.807, 2.05) is 6.07 Å². The van der Waals surface area contributed by atoms with Gasteiger partial charge in [-0.1, -0.05) is 224 Å². The second-order valence-corrected chi connectivity index (χ2v) is 19.0. The monoisotopic (exact) mass is 889 g/mol. The van der Waals surface area contributed by atoms with Crippen LogP contribution in [0.25, 0.3) is 66.4 Å². The molecule has 1 spiro atoms. The fourth-order valence-corrected chi connectivity index (χ4v) is 13.1. The Kier molecular flexibility index (Phi) is 8.24. The Balaban J connectivity index is 0.989. The van der Waals surface area contributed by atoms with Crippen LogP contribution in [0, 0.1) is 0 Å². The number of nitrogens with zero attached hydrogens (tertiary/aromatic N) is 1. The van der Waals surface area contributed by atoms with Crippen molar-refractivity contribution in [3.63, 3.8) is 0 Å². The Morgan fingerprint density at radius 1 is 0.300 bits per heavy atom. The summed E-state index contributed by atoms with van der Waals surface area (Å²) in [6.45, 7) is 0. The van der Waals surface area contributed by atoms with Gasteiger partial charge in [-0.25, -0.2) is 0 Å². The summed E-state index contributed by atoms with van der Waals surface area (Å²) in [5.74, 6) is 0. The molecule has 0 amide bonds. The SMILES string of the molecule is c1ccc(C2(c3ccccc3)c3ccccc3-c3cc(N(c4ccc(-c5cccc6c5oc5ccccc56)cc4)c4cccc5c4-c4ccccc4C54c5ccccc5-c5ccccc54)ccc32)cc1. The molecule has 0 fully saturated rings. The van der Waals surface area contributed by atoms with Gasteiger partial charge < -0.3 is 9.32 Å². The van der Waals surface area contributed by atoms with Crippen LogP contribution in [0.5, 0.6) is 0 Å². The third-order valence-electron chi connectivity index (χ3n) is 15.8. The number of fused-ring (bicyclic) bond motifs is 16. The van der Waals surface area contributed by atoms with Crippen LogP contribution in [0.2, 0.25) is 0 Å². The maximum absolute atomic E-state index is 6.58. The molecule has 70 heavy (non-hydrogen) atoms. The summed E-state index contributed by atoms with van der Waals surface area (Å²) in [5.41, 5.74) is 24.3. The van der Waals surface area contributed by atoms with Crippen LogP contribution < -0.4 is 4.90 Å². The Labute approximate surface area is 407 Å². The zero-order valence-corrected chi connectivity index (χ0v) is 38.2. The summed E-state index contributed by atoms with van der Waals surface area (Å²) < 4.78 is 6.58. The molecule has 1 heterocycles. The highest BCUT2D eigenvalue weighted by Crippen LogP contribution is 2.65. The molecule has 0 atom stereocenters. The van der Waals surface area contributed by atoms with Crippen LogP contribution in [0.3, 0.4) is 0 Å². The minimum absolute atomic E-state index is 0.474. The fraction of sp³-hybridized carbons (Fsp3) is 0.0294. The zero-order valence-electron chi connectivity index (χ0n) is 38.2. The third-order valence-corrected chi connectivity index (χ3v) is 15.8. The lowest BCUT2D eigenvalue weighted by atomic mass is 9.68. The van der Waals surface area contributed by atoms with Crippen molar-refractivity contribution < 1.29 is 4.42 Å². The van der Waals surface area contributed by atoms with E-state index in [0.717, 1.165) is 50.1 Å². The van der Waals surface area contributed by atoms with Crippen molar-refractivity contribution in [2.45, 2.75) is 10.8 Å². The number of para-hydroxylation sites is 2. The van der Waals surface area contributed by atoms with Gasteiger partial charge in [-0.2, -0.15) is 0 Å². The summed E-state index contributed by atoms with van der Waals surface area (Å²) in [6.07, 6.45) is 0. The smallest absolute Gasteiger partial charge is 0.143 e. The lowest BCUT2D eigenvalue weighted by Crippen LogP contribution is -2.28. The maximum Gasteiger partial charge on any atom is 0.143 e. The zero-order chi connectivity index (χ0) is 46.0. The van der Waals surface area contributed by atoms with E-state index in [4.69, 9.17) is 4.42 Å². The van der Waals surface area contributed by atoms with Gasteiger partial charge >= 0.3 is 0 Å². The average Bonchev–Trinajstić information content (AvgIpc) is 4.15. The number of anilines is 3. The second kappa shape index (κ2) is 14.8. The highest BCUT2D eigenvalue weighted by molar-refractivity contribution is 6.10. The lowest BCUT2D eigenvalue weighted by Gasteiger charge is -2.34. The van der Waals surface area contributed by atoms with Gasteiger partial charge in [-0.05, 0) is 114 Å². The predicted octanol–water partition coefficient (Wildman–Crippen LogP) is 17.4. The summed E-state index contributed by atoms with van der Waals surface area (Å²) >= 11 is 0. The van der Waals surface area contributed by atoms with Gasteiger partial charge in [0.2, 0.25) is 0 Å². The van der Waals surface area contributed by atoms with Crippen LogP contribution in [0.4, 0.5) is 17.1 Å². The van der Waals surface area contributed by atoms with Crippen molar-refractivity contribution in [2.24, 2.45) is 0 Å². The Morgan fingerprint density at radius 3 is 1.44 bits per heavy atom. The fourth-order valence-electron chi connectivity index (χ4n) is 13.1. The van der Waals surface area contributed by atoms with E-state index in [-0.39, 0.29) is 0 Å². The van der Waals surface area contributed by atoms with Gasteiger partial charge in [0, 0.05) is 33.3 Å². The minimum Gasteiger partial charge on any atom is -0.455 e. The molecule has 15 rings (SSSR count). The predicted molar refractivity (Wildman–Crippen MR) is 287 cm³/mol. The van der Waals surface area contributed by atoms with Gasteiger partial charge in [-0.15, -0.1) is 0 Å². The van der Waals surface area contributed by atoms with Gasteiger partial charge in [0.25, 0.3) is 0 Å². The van der Waals surface area contributed by atoms with E-state index in [9.17, 15) is 0 Å². The number of hydrogen-bond donors (Lipinski definition) is 0.